The van der Waals surface area contributed by atoms with Gasteiger partial charge in [-0.2, -0.15) is 0 Å². The fraction of sp³-hybridized carbons (Fsp3) is 0.839. The zero-order valence-electron chi connectivity index (χ0n) is 24.8. The van der Waals surface area contributed by atoms with E-state index < -0.39 is 40.5 Å². The molecule has 0 saturated heterocycles. The Morgan fingerprint density at radius 1 is 0.526 bits per heavy atom. The molecule has 0 rings (SSSR count). The summed E-state index contributed by atoms with van der Waals surface area (Å²) in [4.78, 5) is 35.4. The molecular weight excluding hydrogens is 482 g/mol. The third-order valence-electron chi connectivity index (χ3n) is 8.29. The van der Waals surface area contributed by atoms with Gasteiger partial charge in [0.05, 0.1) is 6.54 Å². The average Bonchev–Trinajstić information content (AvgIpc) is 2.88. The Labute approximate surface area is 232 Å². The molecule has 7 nitrogen and oxygen atoms in total. The lowest BCUT2D eigenvalue weighted by atomic mass is 10.00. The van der Waals surface area contributed by atoms with Gasteiger partial charge in [-0.15, -0.1) is 0 Å². The molecule has 0 aromatic heterocycles. The first kappa shape index (κ1) is 36.1. The summed E-state index contributed by atoms with van der Waals surface area (Å²) in [5, 5.41) is 28.9. The second-order valence-corrected chi connectivity index (χ2v) is 11.1. The second-order valence-electron chi connectivity index (χ2n) is 11.1. The van der Waals surface area contributed by atoms with Crippen LogP contribution in [-0.4, -0.2) is 62.4 Å². The highest BCUT2D eigenvalue weighted by Gasteiger charge is 2.52. The van der Waals surface area contributed by atoms with Crippen LogP contribution in [0.25, 0.3) is 0 Å². The van der Waals surface area contributed by atoms with Gasteiger partial charge in [0.1, 0.15) is 0 Å². The van der Waals surface area contributed by atoms with Gasteiger partial charge < -0.3 is 15.3 Å². The number of carbonyl (C=O) groups is 3. The zero-order valence-corrected chi connectivity index (χ0v) is 24.8. The number of allylic oxidation sites excluding steroid dienone is 2. The molecule has 0 amide bonds. The maximum Gasteiger partial charge on any atom is 0.362 e. The summed E-state index contributed by atoms with van der Waals surface area (Å²) in [6, 6.07) is -3.39. The predicted octanol–water partition coefficient (Wildman–Crippen LogP) is 7.82. The van der Waals surface area contributed by atoms with Crippen molar-refractivity contribution < 1.29 is 34.2 Å². The highest BCUT2D eigenvalue weighted by Crippen LogP contribution is 2.27. The van der Waals surface area contributed by atoms with Crippen molar-refractivity contribution in [2.75, 3.05) is 6.54 Å². The molecule has 3 atom stereocenters. The van der Waals surface area contributed by atoms with Crippen LogP contribution in [0.4, 0.5) is 0 Å². The van der Waals surface area contributed by atoms with Crippen LogP contribution in [-0.2, 0) is 14.4 Å². The third kappa shape index (κ3) is 14.3. The van der Waals surface area contributed by atoms with E-state index >= 15 is 0 Å². The van der Waals surface area contributed by atoms with Gasteiger partial charge in [0.2, 0.25) is 0 Å². The molecule has 3 N–H and O–H groups in total. The lowest BCUT2D eigenvalue weighted by Crippen LogP contribution is -2.70. The van der Waals surface area contributed by atoms with Crippen molar-refractivity contribution in [3.8, 4) is 0 Å². The van der Waals surface area contributed by atoms with E-state index in [0.717, 1.165) is 32.1 Å². The predicted molar refractivity (Wildman–Crippen MR) is 154 cm³/mol. The summed E-state index contributed by atoms with van der Waals surface area (Å²) in [7, 11) is 0. The Morgan fingerprint density at radius 2 is 0.816 bits per heavy atom. The van der Waals surface area contributed by atoms with E-state index in [4.69, 9.17) is 0 Å². The van der Waals surface area contributed by atoms with Gasteiger partial charge in [-0.1, -0.05) is 96.1 Å². The van der Waals surface area contributed by atoms with Crippen molar-refractivity contribution in [1.82, 2.24) is 0 Å². The standard InChI is InChI=1S/C31H57NO6/c1-5-6-7-8-9-10-11-12-13-14-15-16-17-18-19-20-21-22-23-24-25-32(26(2)29(33)34,27(3)30(35)36)28(4)31(37)38/h18-19,26-28H,5-17,20-25H2,1-4H3,(H2-,33,34,35,36,37,38)/p+1/b19-18+. The van der Waals surface area contributed by atoms with Crippen LogP contribution in [0.2, 0.25) is 0 Å². The Morgan fingerprint density at radius 3 is 1.13 bits per heavy atom. The minimum absolute atomic E-state index is 0.212. The van der Waals surface area contributed by atoms with Crippen molar-refractivity contribution in [2.45, 2.75) is 161 Å². The molecule has 0 fully saturated rings. The summed E-state index contributed by atoms with van der Waals surface area (Å²) in [6.07, 6.45) is 26.4. The highest BCUT2D eigenvalue weighted by molar-refractivity contribution is 5.77. The Kier molecular flexibility index (Phi) is 20.9. The maximum atomic E-state index is 11.8. The van der Waals surface area contributed by atoms with Crippen LogP contribution in [0.15, 0.2) is 12.2 Å². The largest absolute Gasteiger partial charge is 0.477 e. The van der Waals surface area contributed by atoms with Crippen LogP contribution in [0.3, 0.4) is 0 Å². The molecule has 0 aliphatic heterocycles. The van der Waals surface area contributed by atoms with E-state index in [1.54, 1.807) is 0 Å². The minimum atomic E-state index is -1.18. The highest BCUT2D eigenvalue weighted by atomic mass is 16.4. The molecule has 0 aromatic rings. The molecule has 0 saturated carbocycles. The van der Waals surface area contributed by atoms with Gasteiger partial charge in [0.15, 0.2) is 18.1 Å². The number of hydrogen-bond donors (Lipinski definition) is 3. The molecule has 7 heteroatoms. The molecule has 0 spiro atoms. The fourth-order valence-corrected chi connectivity index (χ4v) is 5.54. The molecule has 0 radical (unpaired) electrons. The van der Waals surface area contributed by atoms with Crippen LogP contribution in [0, 0.1) is 0 Å². The smallest absolute Gasteiger partial charge is 0.362 e. The van der Waals surface area contributed by atoms with Gasteiger partial charge in [-0.25, -0.2) is 14.4 Å². The van der Waals surface area contributed by atoms with Crippen LogP contribution in [0.1, 0.15) is 143 Å². The quantitative estimate of drug-likeness (QED) is 0.0586. The van der Waals surface area contributed by atoms with Gasteiger partial charge in [-0.05, 0) is 59.3 Å². The second kappa shape index (κ2) is 22.0. The SMILES string of the molecule is CCCCCCCCCCCCCC/C=C/CCCCCC[N+](C(C)C(=O)O)(C(C)C(=O)O)C(C)C(=O)O. The number of nitrogens with zero attached hydrogens (tertiary/aromatic N) is 1. The number of aliphatic carboxylic acids is 3. The fourth-order valence-electron chi connectivity index (χ4n) is 5.54. The third-order valence-corrected chi connectivity index (χ3v) is 8.29. The molecule has 0 aromatic carbocycles. The molecule has 38 heavy (non-hydrogen) atoms. The minimum Gasteiger partial charge on any atom is -0.477 e. The van der Waals surface area contributed by atoms with Crippen molar-refractivity contribution in [2.24, 2.45) is 0 Å². The first-order valence-electron chi connectivity index (χ1n) is 15.3. The summed E-state index contributed by atoms with van der Waals surface area (Å²) >= 11 is 0. The average molecular weight is 541 g/mol. The molecule has 0 bridgehead atoms. The van der Waals surface area contributed by atoms with E-state index in [-0.39, 0.29) is 6.54 Å². The molecule has 0 heterocycles. The molecular formula is C31H58NO6+. The number of carboxylic acid groups (broad SMARTS) is 3. The summed E-state index contributed by atoms with van der Waals surface area (Å²) in [6.45, 7) is 6.73. The van der Waals surface area contributed by atoms with Crippen molar-refractivity contribution in [3.63, 3.8) is 0 Å². The van der Waals surface area contributed by atoms with Gasteiger partial charge >= 0.3 is 17.9 Å². The normalized spacial score (nSPS) is 15.7. The van der Waals surface area contributed by atoms with E-state index in [2.05, 4.69) is 19.1 Å². The van der Waals surface area contributed by atoms with E-state index in [9.17, 15) is 29.7 Å². The lowest BCUT2D eigenvalue weighted by molar-refractivity contribution is -0.968. The Hall–Kier alpha value is -1.89. The van der Waals surface area contributed by atoms with Crippen molar-refractivity contribution >= 4 is 17.9 Å². The summed E-state index contributed by atoms with van der Waals surface area (Å²) in [5.74, 6) is -3.53. The van der Waals surface area contributed by atoms with Gasteiger partial charge in [0.25, 0.3) is 0 Å². The number of hydrogen-bond acceptors (Lipinski definition) is 3. The molecule has 0 aliphatic rings. The van der Waals surface area contributed by atoms with Crippen LogP contribution in [0.5, 0.6) is 0 Å². The first-order valence-corrected chi connectivity index (χ1v) is 15.3. The number of rotatable bonds is 26. The van der Waals surface area contributed by atoms with Crippen LogP contribution < -0.4 is 0 Å². The Balaban J connectivity index is 4.13. The van der Waals surface area contributed by atoms with Crippen molar-refractivity contribution in [1.29, 1.82) is 0 Å². The lowest BCUT2D eigenvalue weighted by Gasteiger charge is -2.47. The van der Waals surface area contributed by atoms with Crippen LogP contribution >= 0.6 is 0 Å². The topological polar surface area (TPSA) is 112 Å². The monoisotopic (exact) mass is 540 g/mol. The van der Waals surface area contributed by atoms with Crippen molar-refractivity contribution in [3.05, 3.63) is 12.2 Å². The van der Waals surface area contributed by atoms with Gasteiger partial charge in [0, 0.05) is 0 Å². The number of quaternary nitrogens is 1. The number of carboxylic acids is 3. The zero-order chi connectivity index (χ0) is 28.8. The molecule has 3 unspecified atom stereocenters. The van der Waals surface area contributed by atoms with E-state index in [1.165, 1.54) is 97.8 Å². The molecule has 0 aliphatic carbocycles. The van der Waals surface area contributed by atoms with E-state index in [1.807, 2.05) is 0 Å². The first-order chi connectivity index (χ1) is 18.1. The number of unbranched alkanes of at least 4 members (excludes halogenated alkanes) is 16. The van der Waals surface area contributed by atoms with E-state index in [0.29, 0.717) is 6.42 Å². The maximum absolute atomic E-state index is 11.8. The van der Waals surface area contributed by atoms with Gasteiger partial charge in [-0.3, -0.25) is 4.48 Å². The summed E-state index contributed by atoms with van der Waals surface area (Å²) in [5.41, 5.74) is 0. The summed E-state index contributed by atoms with van der Waals surface area (Å²) < 4.78 is -0.487. The Bertz CT molecular complexity index is 627. The molecule has 222 valence electrons.